The van der Waals surface area contributed by atoms with Crippen molar-refractivity contribution in [3.63, 3.8) is 0 Å². The van der Waals surface area contributed by atoms with E-state index in [4.69, 9.17) is 0 Å². The second-order valence-corrected chi connectivity index (χ2v) is 5.48. The van der Waals surface area contributed by atoms with Crippen LogP contribution in [0.5, 0.6) is 0 Å². The topological polar surface area (TPSA) is 61.4 Å². The van der Waals surface area contributed by atoms with Gasteiger partial charge in [-0.25, -0.2) is 9.59 Å². The zero-order chi connectivity index (χ0) is 16.2. The third-order valence-corrected chi connectivity index (χ3v) is 3.82. The molecule has 0 aliphatic carbocycles. The number of aryl methyl sites for hydroxylation is 1. The van der Waals surface area contributed by atoms with Crippen LogP contribution in [0, 0.1) is 6.92 Å². The number of urea groups is 1. The summed E-state index contributed by atoms with van der Waals surface area (Å²) >= 11 is 0. The molecule has 2 aromatic carbocycles. The van der Waals surface area contributed by atoms with E-state index < -0.39 is 0 Å². The first-order chi connectivity index (χ1) is 11.2. The van der Waals surface area contributed by atoms with E-state index >= 15 is 0 Å². The highest BCUT2D eigenvalue weighted by molar-refractivity contribution is 5.90. The fourth-order valence-corrected chi connectivity index (χ4v) is 2.71. The Labute approximate surface area is 134 Å². The number of carbonyl (C=O) groups excluding carboxylic acids is 2. The molecular weight excluding hydrogens is 290 g/mol. The van der Waals surface area contributed by atoms with Crippen LogP contribution in [-0.4, -0.2) is 18.5 Å². The molecule has 2 amide bonds. The summed E-state index contributed by atoms with van der Waals surface area (Å²) in [7, 11) is 0. The van der Waals surface area contributed by atoms with Gasteiger partial charge in [0.15, 0.2) is 0 Å². The van der Waals surface area contributed by atoms with Crippen molar-refractivity contribution in [1.82, 2.24) is 5.32 Å². The van der Waals surface area contributed by atoms with Gasteiger partial charge in [-0.2, -0.15) is 0 Å². The van der Waals surface area contributed by atoms with E-state index in [1.165, 1.54) is 6.20 Å². The highest BCUT2D eigenvalue weighted by Gasteiger charge is 2.28. The monoisotopic (exact) mass is 307 g/mol. The Balaban J connectivity index is 1.71. The Morgan fingerprint density at radius 2 is 1.96 bits per heavy atom. The summed E-state index contributed by atoms with van der Waals surface area (Å²) in [5, 5.41) is 5.76. The minimum atomic E-state index is -0.273. The van der Waals surface area contributed by atoms with Crippen LogP contribution in [-0.2, 0) is 4.79 Å². The number of anilines is 2. The maximum Gasteiger partial charge on any atom is 0.319 e. The molecule has 0 saturated heterocycles. The van der Waals surface area contributed by atoms with Crippen molar-refractivity contribution in [2.45, 2.75) is 13.0 Å². The molecule has 1 aliphatic rings. The lowest BCUT2D eigenvalue weighted by Crippen LogP contribution is -2.34. The molecule has 0 fully saturated rings. The van der Waals surface area contributed by atoms with Gasteiger partial charge in [0.25, 0.3) is 0 Å². The van der Waals surface area contributed by atoms with Crippen LogP contribution < -0.4 is 15.5 Å². The summed E-state index contributed by atoms with van der Waals surface area (Å²) in [5.74, 6) is 1.79. The summed E-state index contributed by atoms with van der Waals surface area (Å²) in [6.45, 7) is 2.50. The van der Waals surface area contributed by atoms with Gasteiger partial charge in [-0.05, 0) is 30.7 Å². The maximum atomic E-state index is 12.2. The van der Waals surface area contributed by atoms with Gasteiger partial charge in [0.05, 0.1) is 12.2 Å². The van der Waals surface area contributed by atoms with E-state index in [0.29, 0.717) is 6.54 Å². The van der Waals surface area contributed by atoms with E-state index in [2.05, 4.69) is 10.6 Å². The van der Waals surface area contributed by atoms with Gasteiger partial charge >= 0.3 is 6.03 Å². The molecule has 23 heavy (non-hydrogen) atoms. The molecule has 1 heterocycles. The molecule has 0 aromatic heterocycles. The number of nitrogens with one attached hydrogen (secondary N) is 2. The zero-order valence-corrected chi connectivity index (χ0v) is 12.7. The molecule has 5 nitrogen and oxygen atoms in total. The summed E-state index contributed by atoms with van der Waals surface area (Å²) in [4.78, 5) is 24.6. The van der Waals surface area contributed by atoms with Gasteiger partial charge in [0, 0.05) is 17.9 Å². The smallest absolute Gasteiger partial charge is 0.319 e. The van der Waals surface area contributed by atoms with Crippen LogP contribution in [0.4, 0.5) is 16.2 Å². The summed E-state index contributed by atoms with van der Waals surface area (Å²) in [6, 6.07) is 14.8. The van der Waals surface area contributed by atoms with Crippen molar-refractivity contribution in [3.05, 3.63) is 65.9 Å². The molecule has 0 bridgehead atoms. The van der Waals surface area contributed by atoms with Crippen LogP contribution in [0.15, 0.2) is 54.7 Å². The fourth-order valence-electron chi connectivity index (χ4n) is 2.71. The number of hydrogen-bond acceptors (Lipinski definition) is 3. The molecule has 3 rings (SSSR count). The predicted molar refractivity (Wildman–Crippen MR) is 90.1 cm³/mol. The van der Waals surface area contributed by atoms with Gasteiger partial charge in [-0.1, -0.05) is 35.9 Å². The molecule has 1 aliphatic heterocycles. The van der Waals surface area contributed by atoms with Crippen LogP contribution in [0.1, 0.15) is 17.2 Å². The number of benzene rings is 2. The van der Waals surface area contributed by atoms with E-state index in [1.807, 2.05) is 55.5 Å². The van der Waals surface area contributed by atoms with Gasteiger partial charge in [0.1, 0.15) is 5.94 Å². The largest absolute Gasteiger partial charge is 0.336 e. The summed E-state index contributed by atoms with van der Waals surface area (Å²) in [6.07, 6.45) is 1.36. The standard InChI is InChI=1S/C18H17N3O2/c1-13-6-8-14(9-7-13)19-18(23)20-16-12-21(10-11-22)17-5-3-2-4-15(16)17/h2-10,16H,12H2,1H3,(H2,19,20,23). The highest BCUT2D eigenvalue weighted by Crippen LogP contribution is 2.34. The molecule has 0 saturated carbocycles. The molecule has 0 spiro atoms. The van der Waals surface area contributed by atoms with E-state index in [-0.39, 0.29) is 12.1 Å². The van der Waals surface area contributed by atoms with Crippen molar-refractivity contribution in [3.8, 4) is 0 Å². The number of nitrogens with zero attached hydrogens (tertiary/aromatic N) is 1. The molecule has 1 unspecified atom stereocenters. The Morgan fingerprint density at radius 1 is 1.22 bits per heavy atom. The van der Waals surface area contributed by atoms with Crippen molar-refractivity contribution >= 4 is 23.3 Å². The lowest BCUT2D eigenvalue weighted by atomic mass is 10.1. The summed E-state index contributed by atoms with van der Waals surface area (Å²) < 4.78 is 0. The molecule has 2 N–H and O–H groups in total. The summed E-state index contributed by atoms with van der Waals surface area (Å²) in [5.41, 5.74) is 3.77. The van der Waals surface area contributed by atoms with Crippen LogP contribution in [0.3, 0.4) is 0 Å². The Hall–Kier alpha value is -3.04. The molecule has 5 heteroatoms. The van der Waals surface area contributed by atoms with Crippen LogP contribution in [0.2, 0.25) is 0 Å². The maximum absolute atomic E-state index is 12.2. The van der Waals surface area contributed by atoms with Gasteiger partial charge in [-0.3, -0.25) is 0 Å². The number of hydrogen-bond donors (Lipinski definition) is 2. The number of carbonyl (C=O) groups is 1. The fraction of sp³-hybridized carbons (Fsp3) is 0.167. The van der Waals surface area contributed by atoms with Gasteiger partial charge in [0.2, 0.25) is 0 Å². The number of rotatable bonds is 3. The van der Waals surface area contributed by atoms with Crippen molar-refractivity contribution in [2.24, 2.45) is 0 Å². The van der Waals surface area contributed by atoms with E-state index in [1.54, 1.807) is 10.8 Å². The first-order valence-electron chi connectivity index (χ1n) is 7.38. The van der Waals surface area contributed by atoms with Gasteiger partial charge in [-0.15, -0.1) is 0 Å². The Bertz CT molecular complexity index is 764. The zero-order valence-electron chi connectivity index (χ0n) is 12.7. The second kappa shape index (κ2) is 6.38. The van der Waals surface area contributed by atoms with Crippen LogP contribution in [0.25, 0.3) is 0 Å². The third kappa shape index (κ3) is 3.25. The van der Waals surface area contributed by atoms with E-state index in [0.717, 1.165) is 22.5 Å². The normalized spacial score (nSPS) is 15.5. The highest BCUT2D eigenvalue weighted by atomic mass is 16.2. The number of fused-ring (bicyclic) bond motifs is 1. The molecule has 116 valence electrons. The average Bonchev–Trinajstić information content (AvgIpc) is 2.88. The quantitative estimate of drug-likeness (QED) is 0.857. The SMILES string of the molecule is Cc1ccc(NC(=O)NC2CN(C=C=O)c3ccccc32)cc1. The lowest BCUT2D eigenvalue weighted by Gasteiger charge is -2.15. The first-order valence-corrected chi connectivity index (χ1v) is 7.38. The van der Waals surface area contributed by atoms with Crippen molar-refractivity contribution < 1.29 is 9.59 Å². The minimum absolute atomic E-state index is 0.179. The lowest BCUT2D eigenvalue weighted by molar-refractivity contribution is 0.249. The average molecular weight is 307 g/mol. The predicted octanol–water partition coefficient (Wildman–Crippen LogP) is 3.02. The van der Waals surface area contributed by atoms with Crippen molar-refractivity contribution in [2.75, 3.05) is 16.8 Å². The molecular formula is C18H17N3O2. The Morgan fingerprint density at radius 3 is 2.70 bits per heavy atom. The Kier molecular flexibility index (Phi) is 4.13. The number of amides is 2. The second-order valence-electron chi connectivity index (χ2n) is 5.48. The minimum Gasteiger partial charge on any atom is -0.336 e. The first kappa shape index (κ1) is 14.9. The number of para-hydroxylation sites is 1. The third-order valence-electron chi connectivity index (χ3n) is 3.82. The van der Waals surface area contributed by atoms with Crippen LogP contribution >= 0.6 is 0 Å². The molecule has 0 radical (unpaired) electrons. The van der Waals surface area contributed by atoms with Gasteiger partial charge < -0.3 is 15.5 Å². The molecule has 1 atom stereocenters. The van der Waals surface area contributed by atoms with E-state index in [9.17, 15) is 9.59 Å². The molecule has 2 aromatic rings. The van der Waals surface area contributed by atoms with Crippen molar-refractivity contribution in [1.29, 1.82) is 0 Å².